The number of rotatable bonds is 6. The standard InChI is InChI=1S/C13H26N4O3S/c1-14-21(19,20)10-8-16-13(18)12-3-2-9-17(12)11-4-6-15-7-5-11/h11-12,14-15H,2-10H2,1H3,(H,16,18). The smallest absolute Gasteiger partial charge is 0.237 e. The molecule has 0 bridgehead atoms. The lowest BCUT2D eigenvalue weighted by atomic mass is 10.0. The lowest BCUT2D eigenvalue weighted by molar-refractivity contribution is -0.126. The first kappa shape index (κ1) is 16.7. The Morgan fingerprint density at radius 3 is 2.67 bits per heavy atom. The van der Waals surface area contributed by atoms with Gasteiger partial charge >= 0.3 is 0 Å². The van der Waals surface area contributed by atoms with Crippen LogP contribution in [-0.4, -0.2) is 70.3 Å². The van der Waals surface area contributed by atoms with Crippen molar-refractivity contribution in [3.63, 3.8) is 0 Å². The monoisotopic (exact) mass is 318 g/mol. The van der Waals surface area contributed by atoms with Crippen LogP contribution in [0.4, 0.5) is 0 Å². The maximum Gasteiger partial charge on any atom is 0.237 e. The molecular weight excluding hydrogens is 292 g/mol. The summed E-state index contributed by atoms with van der Waals surface area (Å²) in [6.07, 6.45) is 4.07. The molecule has 0 aromatic carbocycles. The van der Waals surface area contributed by atoms with Crippen molar-refractivity contribution in [2.24, 2.45) is 0 Å². The largest absolute Gasteiger partial charge is 0.354 e. The number of amides is 1. The van der Waals surface area contributed by atoms with Crippen molar-refractivity contribution in [1.29, 1.82) is 0 Å². The van der Waals surface area contributed by atoms with Gasteiger partial charge in [-0.1, -0.05) is 0 Å². The maximum atomic E-state index is 12.3. The summed E-state index contributed by atoms with van der Waals surface area (Å²) in [4.78, 5) is 14.6. The Kier molecular flexibility index (Phi) is 5.98. The molecule has 1 unspecified atom stereocenters. The quantitative estimate of drug-likeness (QED) is 0.576. The van der Waals surface area contributed by atoms with Gasteiger partial charge in [0.15, 0.2) is 0 Å². The Balaban J connectivity index is 1.83. The molecule has 2 fully saturated rings. The number of hydrogen-bond acceptors (Lipinski definition) is 5. The number of nitrogens with zero attached hydrogens (tertiary/aromatic N) is 1. The van der Waals surface area contributed by atoms with E-state index in [1.807, 2.05) is 0 Å². The second-order valence-corrected chi connectivity index (χ2v) is 7.74. The first-order valence-corrected chi connectivity index (χ1v) is 9.34. The predicted molar refractivity (Wildman–Crippen MR) is 81.5 cm³/mol. The molecular formula is C13H26N4O3S. The van der Waals surface area contributed by atoms with E-state index in [1.54, 1.807) is 0 Å². The summed E-state index contributed by atoms with van der Waals surface area (Å²) < 4.78 is 24.9. The molecule has 2 aliphatic rings. The van der Waals surface area contributed by atoms with Crippen LogP contribution in [0.15, 0.2) is 0 Å². The lowest BCUT2D eigenvalue weighted by Gasteiger charge is -2.35. The molecule has 8 heteroatoms. The number of hydrogen-bond donors (Lipinski definition) is 3. The summed E-state index contributed by atoms with van der Waals surface area (Å²) in [5, 5.41) is 6.11. The van der Waals surface area contributed by atoms with Crippen LogP contribution >= 0.6 is 0 Å². The SMILES string of the molecule is CNS(=O)(=O)CCNC(=O)C1CCCN1C1CCNCC1. The van der Waals surface area contributed by atoms with E-state index in [0.29, 0.717) is 6.04 Å². The highest BCUT2D eigenvalue weighted by molar-refractivity contribution is 7.89. The number of piperidine rings is 1. The van der Waals surface area contributed by atoms with Crippen molar-refractivity contribution in [3.05, 3.63) is 0 Å². The third kappa shape index (κ3) is 4.64. The summed E-state index contributed by atoms with van der Waals surface area (Å²) in [5.41, 5.74) is 0. The Morgan fingerprint density at radius 1 is 1.29 bits per heavy atom. The van der Waals surface area contributed by atoms with Crippen LogP contribution in [0.1, 0.15) is 25.7 Å². The highest BCUT2D eigenvalue weighted by atomic mass is 32.2. The molecule has 0 aromatic heterocycles. The summed E-state index contributed by atoms with van der Waals surface area (Å²) in [6.45, 7) is 3.15. The minimum Gasteiger partial charge on any atom is -0.354 e. The minimum absolute atomic E-state index is 0.0302. The number of carbonyl (C=O) groups excluding carboxylic acids is 1. The minimum atomic E-state index is -3.26. The molecule has 0 aromatic rings. The van der Waals surface area contributed by atoms with Crippen LogP contribution in [0.2, 0.25) is 0 Å². The van der Waals surface area contributed by atoms with Gasteiger partial charge in [-0.05, 0) is 52.4 Å². The van der Waals surface area contributed by atoms with E-state index in [2.05, 4.69) is 20.3 Å². The second-order valence-electron chi connectivity index (χ2n) is 5.69. The molecule has 2 aliphatic heterocycles. The first-order valence-electron chi connectivity index (χ1n) is 7.69. The summed E-state index contributed by atoms with van der Waals surface area (Å²) in [6, 6.07) is 0.385. The van der Waals surface area contributed by atoms with Gasteiger partial charge in [0.05, 0.1) is 11.8 Å². The number of nitrogens with one attached hydrogen (secondary N) is 3. The first-order chi connectivity index (χ1) is 10.0. The van der Waals surface area contributed by atoms with E-state index in [4.69, 9.17) is 0 Å². The normalized spacial score (nSPS) is 25.1. The van der Waals surface area contributed by atoms with Gasteiger partial charge in [0.1, 0.15) is 0 Å². The van der Waals surface area contributed by atoms with Crippen LogP contribution in [0.25, 0.3) is 0 Å². The van der Waals surface area contributed by atoms with Crippen molar-refractivity contribution in [3.8, 4) is 0 Å². The van der Waals surface area contributed by atoms with Crippen LogP contribution in [0, 0.1) is 0 Å². The Bertz CT molecular complexity index is 448. The van der Waals surface area contributed by atoms with Crippen LogP contribution in [0.3, 0.4) is 0 Å². The Hall–Kier alpha value is -0.700. The van der Waals surface area contributed by atoms with Gasteiger partial charge in [-0.3, -0.25) is 9.69 Å². The van der Waals surface area contributed by atoms with Gasteiger partial charge in [0, 0.05) is 12.6 Å². The molecule has 1 atom stereocenters. The topological polar surface area (TPSA) is 90.5 Å². The van der Waals surface area contributed by atoms with Gasteiger partial charge < -0.3 is 10.6 Å². The number of carbonyl (C=O) groups is 1. The maximum absolute atomic E-state index is 12.3. The van der Waals surface area contributed by atoms with Crippen molar-refractivity contribution >= 4 is 15.9 Å². The third-order valence-corrected chi connectivity index (χ3v) is 5.72. The summed E-state index contributed by atoms with van der Waals surface area (Å²) >= 11 is 0. The van der Waals surface area contributed by atoms with Crippen LogP contribution in [0.5, 0.6) is 0 Å². The fraction of sp³-hybridized carbons (Fsp3) is 0.923. The zero-order valence-electron chi connectivity index (χ0n) is 12.6. The fourth-order valence-corrected chi connectivity index (χ4v) is 3.75. The van der Waals surface area contributed by atoms with E-state index in [-0.39, 0.29) is 24.2 Å². The second kappa shape index (κ2) is 7.53. The van der Waals surface area contributed by atoms with E-state index in [0.717, 1.165) is 45.3 Å². The molecule has 2 saturated heterocycles. The van der Waals surface area contributed by atoms with E-state index in [1.165, 1.54) is 7.05 Å². The zero-order valence-corrected chi connectivity index (χ0v) is 13.4. The van der Waals surface area contributed by atoms with Gasteiger partial charge in [0.25, 0.3) is 0 Å². The number of likely N-dealkylation sites (tertiary alicyclic amines) is 1. The fourth-order valence-electron chi connectivity index (χ4n) is 3.17. The highest BCUT2D eigenvalue weighted by Crippen LogP contribution is 2.24. The van der Waals surface area contributed by atoms with Gasteiger partial charge in [-0.25, -0.2) is 13.1 Å². The van der Waals surface area contributed by atoms with Gasteiger partial charge in [-0.15, -0.1) is 0 Å². The molecule has 1 amide bonds. The molecule has 0 aliphatic carbocycles. The zero-order chi connectivity index (χ0) is 15.3. The molecule has 0 saturated carbocycles. The predicted octanol–water partition coefficient (Wildman–Crippen LogP) is -1.13. The highest BCUT2D eigenvalue weighted by Gasteiger charge is 2.35. The summed E-state index contributed by atoms with van der Waals surface area (Å²) in [5.74, 6) is -0.104. The van der Waals surface area contributed by atoms with E-state index < -0.39 is 10.0 Å². The van der Waals surface area contributed by atoms with Crippen LogP contribution < -0.4 is 15.4 Å². The van der Waals surface area contributed by atoms with Crippen molar-refractivity contribution < 1.29 is 13.2 Å². The summed E-state index contributed by atoms with van der Waals surface area (Å²) in [7, 11) is -1.88. The molecule has 2 rings (SSSR count). The Labute approximate surface area is 126 Å². The molecule has 2 heterocycles. The van der Waals surface area contributed by atoms with Crippen molar-refractivity contribution in [2.45, 2.75) is 37.8 Å². The third-order valence-electron chi connectivity index (χ3n) is 4.36. The average Bonchev–Trinajstić information content (AvgIpc) is 2.97. The van der Waals surface area contributed by atoms with E-state index in [9.17, 15) is 13.2 Å². The molecule has 7 nitrogen and oxygen atoms in total. The molecule has 0 radical (unpaired) electrons. The molecule has 21 heavy (non-hydrogen) atoms. The number of sulfonamides is 1. The average molecular weight is 318 g/mol. The molecule has 122 valence electrons. The van der Waals surface area contributed by atoms with Gasteiger partial charge in [-0.2, -0.15) is 0 Å². The van der Waals surface area contributed by atoms with Crippen molar-refractivity contribution in [1.82, 2.24) is 20.3 Å². The Morgan fingerprint density at radius 2 is 2.00 bits per heavy atom. The molecule has 0 spiro atoms. The van der Waals surface area contributed by atoms with Crippen molar-refractivity contribution in [2.75, 3.05) is 39.0 Å². The van der Waals surface area contributed by atoms with Gasteiger partial charge in [0.2, 0.25) is 15.9 Å². The van der Waals surface area contributed by atoms with Crippen LogP contribution in [-0.2, 0) is 14.8 Å². The van der Waals surface area contributed by atoms with E-state index >= 15 is 0 Å². The molecule has 3 N–H and O–H groups in total. The lowest BCUT2D eigenvalue weighted by Crippen LogP contribution is -2.51.